The Morgan fingerprint density at radius 1 is 0.960 bits per heavy atom. The van der Waals surface area contributed by atoms with Crippen LogP contribution in [0, 0.1) is 0 Å². The van der Waals surface area contributed by atoms with Crippen LogP contribution in [0.3, 0.4) is 0 Å². The Kier molecular flexibility index (Phi) is 4.15. The van der Waals surface area contributed by atoms with Gasteiger partial charge in [-0.2, -0.15) is 0 Å². The monoisotopic (exact) mass is 333 g/mol. The first-order valence-corrected chi connectivity index (χ1v) is 8.52. The minimum absolute atomic E-state index is 0.0947. The molecule has 1 N–H and O–H groups in total. The van der Waals surface area contributed by atoms with Crippen molar-refractivity contribution >= 4 is 16.8 Å². The number of aliphatic hydroxyl groups is 1. The van der Waals surface area contributed by atoms with E-state index in [-0.39, 0.29) is 12.0 Å². The highest BCUT2D eigenvalue weighted by Gasteiger charge is 2.25. The van der Waals surface area contributed by atoms with Crippen molar-refractivity contribution < 1.29 is 9.90 Å². The average molecular weight is 333 g/mol. The lowest BCUT2D eigenvalue weighted by molar-refractivity contribution is 0.0543. The van der Waals surface area contributed by atoms with Gasteiger partial charge in [0.2, 0.25) is 0 Å². The molecule has 1 fully saturated rings. The molecule has 1 amide bonds. The van der Waals surface area contributed by atoms with Crippen molar-refractivity contribution in [1.82, 2.24) is 14.9 Å². The zero-order valence-electron chi connectivity index (χ0n) is 13.8. The number of benzene rings is 2. The fourth-order valence-corrected chi connectivity index (χ4v) is 3.17. The topological polar surface area (TPSA) is 66.3 Å². The van der Waals surface area contributed by atoms with E-state index in [4.69, 9.17) is 0 Å². The molecule has 2 aromatic carbocycles. The fourth-order valence-electron chi connectivity index (χ4n) is 3.17. The number of carbonyl (C=O) groups excluding carboxylic acids is 1. The second-order valence-corrected chi connectivity index (χ2v) is 6.30. The van der Waals surface area contributed by atoms with E-state index in [0.717, 1.165) is 16.5 Å². The molecule has 25 heavy (non-hydrogen) atoms. The third-order valence-electron chi connectivity index (χ3n) is 4.59. The highest BCUT2D eigenvalue weighted by Crippen LogP contribution is 2.23. The van der Waals surface area contributed by atoms with Crippen LogP contribution in [0.2, 0.25) is 0 Å². The Balaban J connectivity index is 1.80. The lowest BCUT2D eigenvalue weighted by Crippen LogP contribution is -2.40. The summed E-state index contributed by atoms with van der Waals surface area (Å²) in [5.74, 6) is 0.461. The summed E-state index contributed by atoms with van der Waals surface area (Å²) >= 11 is 0. The van der Waals surface area contributed by atoms with Gasteiger partial charge >= 0.3 is 0 Å². The maximum atomic E-state index is 13.1. The second kappa shape index (κ2) is 6.61. The van der Waals surface area contributed by atoms with Crippen LogP contribution in [0.1, 0.15) is 23.3 Å². The molecule has 2 heterocycles. The first kappa shape index (κ1) is 15.7. The Hall–Kier alpha value is -2.79. The van der Waals surface area contributed by atoms with E-state index in [0.29, 0.717) is 37.4 Å². The first-order chi connectivity index (χ1) is 12.2. The Morgan fingerprint density at radius 3 is 2.40 bits per heavy atom. The van der Waals surface area contributed by atoms with Gasteiger partial charge in [0.1, 0.15) is 5.69 Å². The quantitative estimate of drug-likeness (QED) is 0.783. The maximum Gasteiger partial charge on any atom is 0.273 e. The molecule has 1 aliphatic rings. The number of nitrogens with zero attached hydrogens (tertiary/aromatic N) is 3. The predicted octanol–water partition coefficient (Wildman–Crippen LogP) is 2.89. The molecule has 1 aliphatic heterocycles. The molecule has 1 aromatic heterocycles. The summed E-state index contributed by atoms with van der Waals surface area (Å²) in [5.41, 5.74) is 2.08. The molecule has 0 radical (unpaired) electrons. The third-order valence-corrected chi connectivity index (χ3v) is 4.59. The molecule has 5 heteroatoms. The number of hydrogen-bond donors (Lipinski definition) is 1. The molecule has 0 spiro atoms. The van der Waals surface area contributed by atoms with Gasteiger partial charge in [-0.05, 0) is 18.9 Å². The summed E-state index contributed by atoms with van der Waals surface area (Å²) in [6.07, 6.45) is 0.909. The van der Waals surface area contributed by atoms with Crippen LogP contribution in [0.25, 0.3) is 22.3 Å². The smallest absolute Gasteiger partial charge is 0.273 e. The van der Waals surface area contributed by atoms with Crippen molar-refractivity contribution in [2.45, 2.75) is 18.9 Å². The number of aromatic nitrogens is 2. The minimum Gasteiger partial charge on any atom is -0.393 e. The predicted molar refractivity (Wildman–Crippen MR) is 96.1 cm³/mol. The molecule has 0 bridgehead atoms. The molecule has 3 aromatic rings. The Morgan fingerprint density at radius 2 is 1.64 bits per heavy atom. The van der Waals surface area contributed by atoms with Crippen molar-refractivity contribution in [3.05, 3.63) is 60.3 Å². The highest BCUT2D eigenvalue weighted by molar-refractivity contribution is 6.04. The molecule has 4 rings (SSSR count). The number of aliphatic hydroxyl groups excluding tert-OH is 1. The van der Waals surface area contributed by atoms with Gasteiger partial charge in [0.15, 0.2) is 5.82 Å². The van der Waals surface area contributed by atoms with Crippen LogP contribution in [0.15, 0.2) is 54.6 Å². The van der Waals surface area contributed by atoms with Gasteiger partial charge in [-0.3, -0.25) is 4.79 Å². The number of carbonyl (C=O) groups is 1. The zero-order chi connectivity index (χ0) is 17.2. The summed E-state index contributed by atoms with van der Waals surface area (Å²) in [4.78, 5) is 24.1. The normalized spacial score (nSPS) is 15.5. The van der Waals surface area contributed by atoms with Crippen LogP contribution >= 0.6 is 0 Å². The van der Waals surface area contributed by atoms with Crippen LogP contribution in [0.4, 0.5) is 0 Å². The van der Waals surface area contributed by atoms with Crippen LogP contribution < -0.4 is 0 Å². The van der Waals surface area contributed by atoms with Gasteiger partial charge in [-0.1, -0.05) is 48.5 Å². The number of likely N-dealkylation sites (tertiary alicyclic amines) is 1. The second-order valence-electron chi connectivity index (χ2n) is 6.30. The first-order valence-electron chi connectivity index (χ1n) is 8.52. The average Bonchev–Trinajstić information content (AvgIpc) is 2.68. The Bertz CT molecular complexity index is 903. The standard InChI is InChI=1S/C20H19N3O2/c24-15-10-12-23(13-11-15)20(25)18-16-8-4-5-9-17(16)21-19(22-18)14-6-2-1-3-7-14/h1-9,15,24H,10-13H2. The number of hydrogen-bond acceptors (Lipinski definition) is 4. The maximum absolute atomic E-state index is 13.1. The summed E-state index contributed by atoms with van der Waals surface area (Å²) in [6.45, 7) is 1.11. The van der Waals surface area contributed by atoms with Crippen LogP contribution in [-0.2, 0) is 0 Å². The molecule has 5 nitrogen and oxygen atoms in total. The van der Waals surface area contributed by atoms with Gasteiger partial charge in [-0.25, -0.2) is 9.97 Å². The minimum atomic E-state index is -0.314. The Labute approximate surface area is 146 Å². The van der Waals surface area contributed by atoms with Gasteiger partial charge in [0.05, 0.1) is 11.6 Å². The third kappa shape index (κ3) is 3.10. The van der Waals surface area contributed by atoms with Crippen molar-refractivity contribution in [3.8, 4) is 11.4 Å². The van der Waals surface area contributed by atoms with Crippen molar-refractivity contribution in [1.29, 1.82) is 0 Å². The molecule has 0 aliphatic carbocycles. The fraction of sp³-hybridized carbons (Fsp3) is 0.250. The summed E-state index contributed by atoms with van der Waals surface area (Å²) in [5, 5.41) is 10.4. The van der Waals surface area contributed by atoms with E-state index in [2.05, 4.69) is 9.97 Å². The molecule has 0 atom stereocenters. The summed E-state index contributed by atoms with van der Waals surface area (Å²) in [6, 6.07) is 17.3. The lowest BCUT2D eigenvalue weighted by atomic mass is 10.1. The number of rotatable bonds is 2. The van der Waals surface area contributed by atoms with E-state index in [9.17, 15) is 9.90 Å². The largest absolute Gasteiger partial charge is 0.393 e. The van der Waals surface area contributed by atoms with E-state index in [1.807, 2.05) is 54.6 Å². The lowest BCUT2D eigenvalue weighted by Gasteiger charge is -2.29. The number of piperidine rings is 1. The van der Waals surface area contributed by atoms with Gasteiger partial charge in [0, 0.05) is 24.0 Å². The van der Waals surface area contributed by atoms with Crippen LogP contribution in [-0.4, -0.2) is 45.1 Å². The molecule has 1 saturated heterocycles. The number of amides is 1. The van der Waals surface area contributed by atoms with E-state index >= 15 is 0 Å². The van der Waals surface area contributed by atoms with E-state index in [1.54, 1.807) is 4.90 Å². The molecular formula is C20H19N3O2. The van der Waals surface area contributed by atoms with Gasteiger partial charge in [0.25, 0.3) is 5.91 Å². The van der Waals surface area contributed by atoms with E-state index < -0.39 is 0 Å². The van der Waals surface area contributed by atoms with Crippen molar-refractivity contribution in [2.24, 2.45) is 0 Å². The van der Waals surface area contributed by atoms with Gasteiger partial charge < -0.3 is 10.0 Å². The zero-order valence-corrected chi connectivity index (χ0v) is 13.8. The van der Waals surface area contributed by atoms with Crippen molar-refractivity contribution in [2.75, 3.05) is 13.1 Å². The number of para-hydroxylation sites is 1. The van der Waals surface area contributed by atoms with Crippen LogP contribution in [0.5, 0.6) is 0 Å². The molecule has 126 valence electrons. The molecule has 0 unspecified atom stereocenters. The summed E-state index contributed by atoms with van der Waals surface area (Å²) in [7, 11) is 0. The summed E-state index contributed by atoms with van der Waals surface area (Å²) < 4.78 is 0. The molecular weight excluding hydrogens is 314 g/mol. The molecule has 0 saturated carbocycles. The SMILES string of the molecule is O=C(c1nc(-c2ccccc2)nc2ccccc12)N1CCC(O)CC1. The van der Waals surface area contributed by atoms with Crippen molar-refractivity contribution in [3.63, 3.8) is 0 Å². The number of fused-ring (bicyclic) bond motifs is 1. The highest BCUT2D eigenvalue weighted by atomic mass is 16.3. The van der Waals surface area contributed by atoms with Gasteiger partial charge in [-0.15, -0.1) is 0 Å². The van der Waals surface area contributed by atoms with E-state index in [1.165, 1.54) is 0 Å².